The number of nitrogens with one attached hydrogen (secondary N) is 1. The van der Waals surface area contributed by atoms with E-state index < -0.39 is 30.1 Å². The van der Waals surface area contributed by atoms with Crippen molar-refractivity contribution in [2.24, 2.45) is 0 Å². The van der Waals surface area contributed by atoms with E-state index in [1.54, 1.807) is 13.0 Å². The van der Waals surface area contributed by atoms with Gasteiger partial charge in [0.2, 0.25) is 0 Å². The van der Waals surface area contributed by atoms with E-state index in [-0.39, 0.29) is 17.7 Å². The lowest BCUT2D eigenvalue weighted by Gasteiger charge is -2.08. The van der Waals surface area contributed by atoms with E-state index in [4.69, 9.17) is 4.74 Å². The van der Waals surface area contributed by atoms with Gasteiger partial charge in [0.05, 0.1) is 6.42 Å². The molecule has 23 heavy (non-hydrogen) atoms. The summed E-state index contributed by atoms with van der Waals surface area (Å²) < 4.78 is 31.5. The number of esters is 1. The average molecular weight is 319 g/mol. The quantitative estimate of drug-likeness (QED) is 0.862. The van der Waals surface area contributed by atoms with Crippen LogP contribution in [0.25, 0.3) is 0 Å². The summed E-state index contributed by atoms with van der Waals surface area (Å²) in [6.07, 6.45) is -0.265. The number of halogens is 2. The molecule has 0 unspecified atom stereocenters. The van der Waals surface area contributed by atoms with Gasteiger partial charge in [-0.25, -0.2) is 8.78 Å². The number of ether oxygens (including phenoxy) is 1. The molecule has 0 aliphatic carbocycles. The van der Waals surface area contributed by atoms with Crippen LogP contribution in [-0.4, -0.2) is 18.5 Å². The zero-order chi connectivity index (χ0) is 16.8. The van der Waals surface area contributed by atoms with Crippen LogP contribution in [0.1, 0.15) is 11.1 Å². The van der Waals surface area contributed by atoms with Gasteiger partial charge in [0.15, 0.2) is 6.61 Å². The third kappa shape index (κ3) is 4.88. The van der Waals surface area contributed by atoms with Crippen molar-refractivity contribution >= 4 is 17.6 Å². The van der Waals surface area contributed by atoms with Crippen LogP contribution in [-0.2, 0) is 20.7 Å². The van der Waals surface area contributed by atoms with Crippen LogP contribution < -0.4 is 5.32 Å². The number of carbonyl (C=O) groups excluding carboxylic acids is 2. The lowest BCUT2D eigenvalue weighted by molar-refractivity contribution is -0.146. The number of hydrogen-bond acceptors (Lipinski definition) is 3. The van der Waals surface area contributed by atoms with Crippen molar-refractivity contribution in [2.75, 3.05) is 11.9 Å². The first-order valence-corrected chi connectivity index (χ1v) is 6.91. The Labute approximate surface area is 132 Å². The molecule has 0 radical (unpaired) electrons. The van der Waals surface area contributed by atoms with Crippen molar-refractivity contribution in [3.05, 3.63) is 65.2 Å². The Kier molecular flexibility index (Phi) is 5.41. The highest BCUT2D eigenvalue weighted by Gasteiger charge is 2.11. The number of aryl methyl sites for hydroxylation is 1. The van der Waals surface area contributed by atoms with Crippen LogP contribution in [0.4, 0.5) is 14.5 Å². The summed E-state index contributed by atoms with van der Waals surface area (Å²) in [5.41, 5.74) is 0.918. The van der Waals surface area contributed by atoms with E-state index in [2.05, 4.69) is 5.32 Å². The highest BCUT2D eigenvalue weighted by Crippen LogP contribution is 2.13. The minimum atomic E-state index is -0.722. The molecule has 2 aromatic carbocycles. The zero-order valence-corrected chi connectivity index (χ0v) is 12.4. The summed E-state index contributed by atoms with van der Waals surface area (Å²) in [6, 6.07) is 10.1. The number of carbonyl (C=O) groups is 2. The Bertz CT molecular complexity index is 732. The average Bonchev–Trinajstić information content (AvgIpc) is 2.51. The summed E-state index contributed by atoms with van der Waals surface area (Å²) >= 11 is 0. The molecule has 0 fully saturated rings. The molecule has 6 heteroatoms. The van der Waals surface area contributed by atoms with E-state index in [0.29, 0.717) is 5.56 Å². The van der Waals surface area contributed by atoms with Gasteiger partial charge >= 0.3 is 5.97 Å². The van der Waals surface area contributed by atoms with Gasteiger partial charge in [-0.3, -0.25) is 9.59 Å². The summed E-state index contributed by atoms with van der Waals surface area (Å²) in [6.45, 7) is 1.08. The summed E-state index contributed by atoms with van der Waals surface area (Å²) in [7, 11) is 0. The fourth-order valence-corrected chi connectivity index (χ4v) is 1.86. The van der Waals surface area contributed by atoms with Crippen molar-refractivity contribution < 1.29 is 23.1 Å². The summed E-state index contributed by atoms with van der Waals surface area (Å²) in [5, 5.41) is 2.41. The fourth-order valence-electron chi connectivity index (χ4n) is 1.86. The maximum absolute atomic E-state index is 13.4. The Morgan fingerprint density at radius 3 is 2.52 bits per heavy atom. The maximum atomic E-state index is 13.4. The third-order valence-corrected chi connectivity index (χ3v) is 3.11. The van der Waals surface area contributed by atoms with Gasteiger partial charge in [0, 0.05) is 5.69 Å². The SMILES string of the molecule is Cc1ccc(NC(=O)COC(=O)Cc2ccccc2F)cc1F. The minimum absolute atomic E-state index is 0.193. The number of anilines is 1. The molecular weight excluding hydrogens is 304 g/mol. The Balaban J connectivity index is 1.83. The molecule has 2 aromatic rings. The molecule has 0 saturated heterocycles. The van der Waals surface area contributed by atoms with Gasteiger partial charge in [-0.2, -0.15) is 0 Å². The lowest BCUT2D eigenvalue weighted by atomic mass is 10.1. The van der Waals surface area contributed by atoms with E-state index >= 15 is 0 Å². The Morgan fingerprint density at radius 2 is 1.83 bits per heavy atom. The van der Waals surface area contributed by atoms with Gasteiger partial charge < -0.3 is 10.1 Å². The second-order valence-electron chi connectivity index (χ2n) is 4.94. The Hall–Kier alpha value is -2.76. The molecule has 2 rings (SSSR count). The molecule has 4 nitrogen and oxygen atoms in total. The number of benzene rings is 2. The van der Waals surface area contributed by atoms with Crippen LogP contribution in [0.15, 0.2) is 42.5 Å². The van der Waals surface area contributed by atoms with Crippen molar-refractivity contribution in [2.45, 2.75) is 13.3 Å². The maximum Gasteiger partial charge on any atom is 0.310 e. The minimum Gasteiger partial charge on any atom is -0.455 e. The van der Waals surface area contributed by atoms with Crippen LogP contribution in [0, 0.1) is 18.6 Å². The molecule has 0 heterocycles. The predicted octanol–water partition coefficient (Wildman–Crippen LogP) is 3.00. The zero-order valence-electron chi connectivity index (χ0n) is 12.4. The lowest BCUT2D eigenvalue weighted by Crippen LogP contribution is -2.21. The molecule has 1 N–H and O–H groups in total. The first kappa shape index (κ1) is 16.6. The van der Waals surface area contributed by atoms with E-state index in [9.17, 15) is 18.4 Å². The molecular formula is C17H15F2NO3. The molecule has 1 amide bonds. The number of rotatable bonds is 5. The first-order valence-electron chi connectivity index (χ1n) is 6.91. The summed E-state index contributed by atoms with van der Waals surface area (Å²) in [5.74, 6) is -2.28. The first-order chi connectivity index (χ1) is 11.0. The molecule has 0 aliphatic heterocycles. The van der Waals surface area contributed by atoms with Crippen LogP contribution in [0.2, 0.25) is 0 Å². The molecule has 0 aromatic heterocycles. The van der Waals surface area contributed by atoms with E-state index in [1.165, 1.54) is 36.4 Å². The molecule has 0 bridgehead atoms. The van der Waals surface area contributed by atoms with Gasteiger partial charge in [0.25, 0.3) is 5.91 Å². The number of amides is 1. The second kappa shape index (κ2) is 7.49. The standard InChI is InChI=1S/C17H15F2NO3/c1-11-6-7-13(9-15(11)19)20-16(21)10-23-17(22)8-12-4-2-3-5-14(12)18/h2-7,9H,8,10H2,1H3,(H,20,21). The van der Waals surface area contributed by atoms with Gasteiger partial charge in [-0.15, -0.1) is 0 Å². The van der Waals surface area contributed by atoms with Gasteiger partial charge in [-0.1, -0.05) is 24.3 Å². The second-order valence-corrected chi connectivity index (χ2v) is 4.94. The fraction of sp³-hybridized carbons (Fsp3) is 0.176. The van der Waals surface area contributed by atoms with Crippen LogP contribution in [0.3, 0.4) is 0 Å². The Morgan fingerprint density at radius 1 is 1.09 bits per heavy atom. The molecule has 0 spiro atoms. The van der Waals surface area contributed by atoms with Crippen molar-refractivity contribution in [1.82, 2.24) is 0 Å². The highest BCUT2D eigenvalue weighted by atomic mass is 19.1. The smallest absolute Gasteiger partial charge is 0.310 e. The molecule has 120 valence electrons. The monoisotopic (exact) mass is 319 g/mol. The molecule has 0 atom stereocenters. The normalized spacial score (nSPS) is 10.2. The van der Waals surface area contributed by atoms with Crippen LogP contribution in [0.5, 0.6) is 0 Å². The van der Waals surface area contributed by atoms with Crippen LogP contribution >= 0.6 is 0 Å². The van der Waals surface area contributed by atoms with Gasteiger partial charge in [-0.05, 0) is 36.2 Å². The van der Waals surface area contributed by atoms with E-state index in [1.807, 2.05) is 0 Å². The molecule has 0 aliphatic rings. The topological polar surface area (TPSA) is 55.4 Å². The largest absolute Gasteiger partial charge is 0.455 e. The highest BCUT2D eigenvalue weighted by molar-refractivity contribution is 5.92. The van der Waals surface area contributed by atoms with Crippen molar-refractivity contribution in [3.63, 3.8) is 0 Å². The predicted molar refractivity (Wildman–Crippen MR) is 80.8 cm³/mol. The van der Waals surface area contributed by atoms with Gasteiger partial charge in [0.1, 0.15) is 11.6 Å². The number of hydrogen-bond donors (Lipinski definition) is 1. The van der Waals surface area contributed by atoms with E-state index in [0.717, 1.165) is 0 Å². The van der Waals surface area contributed by atoms with Crippen molar-refractivity contribution in [3.8, 4) is 0 Å². The van der Waals surface area contributed by atoms with Crippen molar-refractivity contribution in [1.29, 1.82) is 0 Å². The molecule has 0 saturated carbocycles. The third-order valence-electron chi connectivity index (χ3n) is 3.11. The summed E-state index contributed by atoms with van der Waals surface area (Å²) in [4.78, 5) is 23.2.